The van der Waals surface area contributed by atoms with Gasteiger partial charge in [0, 0.05) is 5.56 Å². The maximum atomic E-state index is 6.09. The number of aryl methyl sites for hydroxylation is 1. The second-order valence-electron chi connectivity index (χ2n) is 4.90. The zero-order valence-corrected chi connectivity index (χ0v) is 12.9. The quantitative estimate of drug-likeness (QED) is 0.703. The smallest absolute Gasteiger partial charge is 0.247 e. The van der Waals surface area contributed by atoms with Gasteiger partial charge in [-0.1, -0.05) is 35.9 Å². The van der Waals surface area contributed by atoms with Crippen molar-refractivity contribution in [3.63, 3.8) is 0 Å². The summed E-state index contributed by atoms with van der Waals surface area (Å²) < 4.78 is 11.3. The molecule has 1 heterocycles. The van der Waals surface area contributed by atoms with Gasteiger partial charge in [0.2, 0.25) is 11.8 Å². The Kier molecular flexibility index (Phi) is 4.39. The van der Waals surface area contributed by atoms with Crippen molar-refractivity contribution in [1.82, 2.24) is 10.2 Å². The second kappa shape index (κ2) is 6.62. The zero-order chi connectivity index (χ0) is 15.4. The van der Waals surface area contributed by atoms with Gasteiger partial charge in [0.25, 0.3) is 0 Å². The third-order valence-corrected chi connectivity index (χ3v) is 3.46. The molecule has 0 saturated carbocycles. The zero-order valence-electron chi connectivity index (χ0n) is 12.1. The molecule has 0 aliphatic carbocycles. The molecular formula is C17H15ClN2O2. The highest BCUT2D eigenvalue weighted by Crippen LogP contribution is 2.25. The summed E-state index contributed by atoms with van der Waals surface area (Å²) in [4.78, 5) is 0. The molecule has 1 aromatic heterocycles. The molecule has 0 fully saturated rings. The van der Waals surface area contributed by atoms with Gasteiger partial charge in [-0.2, -0.15) is 0 Å². The van der Waals surface area contributed by atoms with E-state index in [0.29, 0.717) is 35.6 Å². The van der Waals surface area contributed by atoms with Gasteiger partial charge in [0.1, 0.15) is 5.75 Å². The van der Waals surface area contributed by atoms with Crippen LogP contribution >= 0.6 is 11.6 Å². The molecule has 22 heavy (non-hydrogen) atoms. The first-order chi connectivity index (χ1) is 10.7. The molecular weight excluding hydrogens is 300 g/mol. The number of benzene rings is 2. The molecule has 0 atom stereocenters. The molecule has 3 rings (SSSR count). The van der Waals surface area contributed by atoms with E-state index < -0.39 is 0 Å². The molecule has 0 radical (unpaired) electrons. The summed E-state index contributed by atoms with van der Waals surface area (Å²) in [6.45, 7) is 2.42. The number of rotatable bonds is 5. The molecule has 2 aromatic carbocycles. The number of nitrogens with zero attached hydrogens (tertiary/aromatic N) is 2. The molecule has 3 aromatic rings. The van der Waals surface area contributed by atoms with Gasteiger partial charge in [0.15, 0.2) is 0 Å². The van der Waals surface area contributed by atoms with Gasteiger partial charge in [0.05, 0.1) is 18.1 Å². The summed E-state index contributed by atoms with van der Waals surface area (Å²) in [6.07, 6.45) is 0.532. The molecule has 0 N–H and O–H groups in total. The Bertz CT molecular complexity index is 756. The number of halogens is 1. The van der Waals surface area contributed by atoms with Crippen molar-refractivity contribution in [1.29, 1.82) is 0 Å². The standard InChI is InChI=1S/C17H15ClN2O2/c1-12-7-8-14(18)15(11-12)21-10-9-16-19-20-17(22-16)13-5-3-2-4-6-13/h2-8,11H,9-10H2,1H3. The van der Waals surface area contributed by atoms with Crippen LogP contribution in [0.15, 0.2) is 52.9 Å². The Labute approximate surface area is 133 Å². The Morgan fingerprint density at radius 2 is 1.91 bits per heavy atom. The first-order valence-corrected chi connectivity index (χ1v) is 7.37. The van der Waals surface area contributed by atoms with Crippen LogP contribution in [0.1, 0.15) is 11.5 Å². The highest BCUT2D eigenvalue weighted by Gasteiger charge is 2.09. The molecule has 0 spiro atoms. The second-order valence-corrected chi connectivity index (χ2v) is 5.31. The molecule has 5 heteroatoms. The first kappa shape index (κ1) is 14.6. The van der Waals surface area contributed by atoms with Crippen LogP contribution in [0.5, 0.6) is 5.75 Å². The van der Waals surface area contributed by atoms with Crippen LogP contribution in [-0.4, -0.2) is 16.8 Å². The van der Waals surface area contributed by atoms with Crippen molar-refractivity contribution in [2.75, 3.05) is 6.61 Å². The fourth-order valence-electron chi connectivity index (χ4n) is 2.02. The maximum absolute atomic E-state index is 6.09. The molecule has 0 aliphatic heterocycles. The lowest BCUT2D eigenvalue weighted by molar-refractivity contribution is 0.307. The molecule has 0 bridgehead atoms. The molecule has 0 amide bonds. The van der Waals surface area contributed by atoms with E-state index in [9.17, 15) is 0 Å². The fourth-order valence-corrected chi connectivity index (χ4v) is 2.19. The number of hydrogen-bond acceptors (Lipinski definition) is 4. The third kappa shape index (κ3) is 3.46. The highest BCUT2D eigenvalue weighted by molar-refractivity contribution is 6.32. The van der Waals surface area contributed by atoms with E-state index in [1.165, 1.54) is 0 Å². The summed E-state index contributed by atoms with van der Waals surface area (Å²) in [7, 11) is 0. The summed E-state index contributed by atoms with van der Waals surface area (Å²) in [5, 5.41) is 8.68. The lowest BCUT2D eigenvalue weighted by Crippen LogP contribution is -2.02. The van der Waals surface area contributed by atoms with Crippen molar-refractivity contribution in [3.8, 4) is 17.2 Å². The van der Waals surface area contributed by atoms with E-state index in [1.54, 1.807) is 0 Å². The normalized spacial score (nSPS) is 10.6. The summed E-state index contributed by atoms with van der Waals surface area (Å²) >= 11 is 6.09. The molecule has 0 saturated heterocycles. The largest absolute Gasteiger partial charge is 0.491 e. The van der Waals surface area contributed by atoms with E-state index in [1.807, 2.05) is 55.5 Å². The van der Waals surface area contributed by atoms with Gasteiger partial charge in [-0.15, -0.1) is 10.2 Å². The third-order valence-electron chi connectivity index (χ3n) is 3.15. The van der Waals surface area contributed by atoms with E-state index >= 15 is 0 Å². The average molecular weight is 315 g/mol. The minimum Gasteiger partial charge on any atom is -0.491 e. The van der Waals surface area contributed by atoms with Gasteiger partial charge < -0.3 is 9.15 Å². The van der Waals surface area contributed by atoms with Crippen molar-refractivity contribution < 1.29 is 9.15 Å². The van der Waals surface area contributed by atoms with Crippen molar-refractivity contribution in [3.05, 3.63) is 65.0 Å². The van der Waals surface area contributed by atoms with Crippen molar-refractivity contribution in [2.24, 2.45) is 0 Å². The Hall–Kier alpha value is -2.33. The number of aromatic nitrogens is 2. The van der Waals surface area contributed by atoms with Crippen LogP contribution in [0, 0.1) is 6.92 Å². The lowest BCUT2D eigenvalue weighted by atomic mass is 10.2. The molecule has 112 valence electrons. The van der Waals surface area contributed by atoms with Gasteiger partial charge in [-0.05, 0) is 36.8 Å². The highest BCUT2D eigenvalue weighted by atomic mass is 35.5. The van der Waals surface area contributed by atoms with Crippen LogP contribution in [0.25, 0.3) is 11.5 Å². The lowest BCUT2D eigenvalue weighted by Gasteiger charge is -2.07. The van der Waals surface area contributed by atoms with Gasteiger partial charge >= 0.3 is 0 Å². The Morgan fingerprint density at radius 3 is 2.73 bits per heavy atom. The topological polar surface area (TPSA) is 48.2 Å². The Balaban J connectivity index is 1.61. The summed E-state index contributed by atoms with van der Waals surface area (Å²) in [5.74, 6) is 1.73. The van der Waals surface area contributed by atoms with Crippen LogP contribution in [0.3, 0.4) is 0 Å². The number of ether oxygens (including phenoxy) is 1. The minimum atomic E-state index is 0.430. The van der Waals surface area contributed by atoms with Crippen LogP contribution in [0.4, 0.5) is 0 Å². The minimum absolute atomic E-state index is 0.430. The average Bonchev–Trinajstić information content (AvgIpc) is 3.00. The fraction of sp³-hybridized carbons (Fsp3) is 0.176. The molecule has 4 nitrogen and oxygen atoms in total. The number of hydrogen-bond donors (Lipinski definition) is 0. The van der Waals surface area contributed by atoms with Gasteiger partial charge in [-0.25, -0.2) is 0 Å². The SMILES string of the molecule is Cc1ccc(Cl)c(OCCc2nnc(-c3ccccc3)o2)c1. The molecule has 0 aliphatic rings. The van der Waals surface area contributed by atoms with E-state index in [4.69, 9.17) is 20.8 Å². The van der Waals surface area contributed by atoms with E-state index in [0.717, 1.165) is 11.1 Å². The van der Waals surface area contributed by atoms with E-state index in [2.05, 4.69) is 10.2 Å². The van der Waals surface area contributed by atoms with Crippen LogP contribution < -0.4 is 4.74 Å². The van der Waals surface area contributed by atoms with Gasteiger partial charge in [-0.3, -0.25) is 0 Å². The first-order valence-electron chi connectivity index (χ1n) is 6.99. The van der Waals surface area contributed by atoms with Crippen LogP contribution in [0.2, 0.25) is 5.02 Å². The van der Waals surface area contributed by atoms with E-state index in [-0.39, 0.29) is 0 Å². The molecule has 0 unspecified atom stereocenters. The summed E-state index contributed by atoms with van der Waals surface area (Å²) in [5.41, 5.74) is 2.01. The Morgan fingerprint density at radius 1 is 1.09 bits per heavy atom. The predicted octanol–water partition coefficient (Wildman–Crippen LogP) is 4.32. The monoisotopic (exact) mass is 314 g/mol. The van der Waals surface area contributed by atoms with Crippen LogP contribution in [-0.2, 0) is 6.42 Å². The maximum Gasteiger partial charge on any atom is 0.247 e. The summed E-state index contributed by atoms with van der Waals surface area (Å²) in [6, 6.07) is 15.3. The van der Waals surface area contributed by atoms with Crippen molar-refractivity contribution >= 4 is 11.6 Å². The van der Waals surface area contributed by atoms with Crippen molar-refractivity contribution in [2.45, 2.75) is 13.3 Å². The predicted molar refractivity (Wildman–Crippen MR) is 85.1 cm³/mol.